The summed E-state index contributed by atoms with van der Waals surface area (Å²) >= 11 is 0. The molecule has 3 aliphatic rings. The number of aromatic nitrogens is 2. The van der Waals surface area contributed by atoms with Crippen molar-refractivity contribution in [1.82, 2.24) is 25.1 Å². The summed E-state index contributed by atoms with van der Waals surface area (Å²) in [6.45, 7) is 9.71. The molecule has 3 heterocycles. The SMILES string of the molecule is CCN1CC[C@@H]2C[C@@H](N3CCOCC3)CC[C@@]2(C(=O)NCCc2ncc[nH]2)C1. The highest BCUT2D eigenvalue weighted by molar-refractivity contribution is 5.83. The van der Waals surface area contributed by atoms with Gasteiger partial charge in [-0.25, -0.2) is 4.98 Å². The topological polar surface area (TPSA) is 73.5 Å². The van der Waals surface area contributed by atoms with Gasteiger partial charge in [0, 0.05) is 51.0 Å². The van der Waals surface area contributed by atoms with E-state index in [-0.39, 0.29) is 11.3 Å². The van der Waals surface area contributed by atoms with Crippen molar-refractivity contribution in [1.29, 1.82) is 0 Å². The fourth-order valence-corrected chi connectivity index (χ4v) is 5.54. The molecule has 7 nitrogen and oxygen atoms in total. The molecule has 2 saturated heterocycles. The van der Waals surface area contributed by atoms with Gasteiger partial charge in [0.15, 0.2) is 0 Å². The lowest BCUT2D eigenvalue weighted by Gasteiger charge is -2.53. The Kier molecular flexibility index (Phi) is 6.33. The van der Waals surface area contributed by atoms with Crippen molar-refractivity contribution in [2.75, 3.05) is 52.5 Å². The lowest BCUT2D eigenvalue weighted by atomic mass is 9.61. The van der Waals surface area contributed by atoms with Crippen molar-refractivity contribution in [2.45, 2.75) is 45.1 Å². The highest BCUT2D eigenvalue weighted by Crippen LogP contribution is 2.47. The number of ether oxygens (including phenoxy) is 1. The fraction of sp³-hybridized carbons (Fsp3) is 0.810. The van der Waals surface area contributed by atoms with E-state index in [0.717, 1.165) is 83.9 Å². The molecular formula is C21H35N5O2. The first-order valence-corrected chi connectivity index (χ1v) is 11.0. The van der Waals surface area contributed by atoms with Gasteiger partial charge in [-0.05, 0) is 44.7 Å². The Labute approximate surface area is 168 Å². The second-order valence-corrected chi connectivity index (χ2v) is 8.63. The second-order valence-electron chi connectivity index (χ2n) is 8.63. The predicted molar refractivity (Wildman–Crippen MR) is 108 cm³/mol. The Morgan fingerprint density at radius 3 is 2.96 bits per heavy atom. The van der Waals surface area contributed by atoms with Crippen LogP contribution in [0.1, 0.15) is 38.4 Å². The normalized spacial score (nSPS) is 32.0. The van der Waals surface area contributed by atoms with Crippen LogP contribution in [0.25, 0.3) is 0 Å². The summed E-state index contributed by atoms with van der Waals surface area (Å²) in [6, 6.07) is 0.617. The maximum absolute atomic E-state index is 13.4. The monoisotopic (exact) mass is 389 g/mol. The van der Waals surface area contributed by atoms with Crippen LogP contribution in [0.3, 0.4) is 0 Å². The molecule has 2 aliphatic heterocycles. The van der Waals surface area contributed by atoms with Gasteiger partial charge in [-0.2, -0.15) is 0 Å². The number of carbonyl (C=O) groups is 1. The van der Waals surface area contributed by atoms with Crippen LogP contribution in [-0.4, -0.2) is 84.2 Å². The third-order valence-electron chi connectivity index (χ3n) is 7.22. The van der Waals surface area contributed by atoms with Crippen LogP contribution in [0.2, 0.25) is 0 Å². The van der Waals surface area contributed by atoms with E-state index in [1.54, 1.807) is 6.20 Å². The van der Waals surface area contributed by atoms with Gasteiger partial charge >= 0.3 is 0 Å². The largest absolute Gasteiger partial charge is 0.379 e. The van der Waals surface area contributed by atoms with E-state index >= 15 is 0 Å². The molecule has 1 aliphatic carbocycles. The minimum atomic E-state index is -0.222. The number of fused-ring (bicyclic) bond motifs is 1. The minimum Gasteiger partial charge on any atom is -0.379 e. The quantitative estimate of drug-likeness (QED) is 0.767. The minimum absolute atomic E-state index is 0.222. The van der Waals surface area contributed by atoms with Crippen LogP contribution in [0, 0.1) is 11.3 Å². The number of morpholine rings is 1. The molecule has 7 heteroatoms. The Hall–Kier alpha value is -1.44. The molecular weight excluding hydrogens is 354 g/mol. The highest BCUT2D eigenvalue weighted by Gasteiger charge is 2.52. The average molecular weight is 390 g/mol. The zero-order valence-corrected chi connectivity index (χ0v) is 17.2. The number of hydrogen-bond donors (Lipinski definition) is 2. The number of nitrogens with zero attached hydrogens (tertiary/aromatic N) is 3. The maximum atomic E-state index is 13.4. The van der Waals surface area contributed by atoms with Crippen LogP contribution < -0.4 is 5.32 Å². The maximum Gasteiger partial charge on any atom is 0.227 e. The summed E-state index contributed by atoms with van der Waals surface area (Å²) in [5.74, 6) is 1.69. The number of rotatable bonds is 6. The third-order valence-corrected chi connectivity index (χ3v) is 7.22. The highest BCUT2D eigenvalue weighted by atomic mass is 16.5. The first kappa shape index (κ1) is 19.9. The van der Waals surface area contributed by atoms with Gasteiger partial charge in [0.25, 0.3) is 0 Å². The molecule has 0 bridgehead atoms. The predicted octanol–water partition coefficient (Wildman–Crippen LogP) is 1.28. The van der Waals surface area contributed by atoms with Crippen molar-refractivity contribution >= 4 is 5.91 Å². The zero-order chi connectivity index (χ0) is 19.4. The molecule has 1 amide bonds. The van der Waals surface area contributed by atoms with Gasteiger partial charge < -0.3 is 19.9 Å². The summed E-state index contributed by atoms with van der Waals surface area (Å²) in [6.07, 6.45) is 8.78. The zero-order valence-electron chi connectivity index (χ0n) is 17.2. The number of nitrogens with one attached hydrogen (secondary N) is 2. The van der Waals surface area contributed by atoms with Gasteiger partial charge in [-0.1, -0.05) is 6.92 Å². The molecule has 1 aromatic heterocycles. The average Bonchev–Trinajstić information content (AvgIpc) is 3.27. The van der Waals surface area contributed by atoms with E-state index in [4.69, 9.17) is 4.74 Å². The van der Waals surface area contributed by atoms with Gasteiger partial charge in [-0.15, -0.1) is 0 Å². The van der Waals surface area contributed by atoms with Crippen LogP contribution in [0.15, 0.2) is 12.4 Å². The number of likely N-dealkylation sites (tertiary alicyclic amines) is 1. The smallest absolute Gasteiger partial charge is 0.227 e. The lowest BCUT2D eigenvalue weighted by Crippen LogP contribution is -2.61. The molecule has 3 fully saturated rings. The molecule has 3 atom stereocenters. The lowest BCUT2D eigenvalue weighted by molar-refractivity contribution is -0.144. The van der Waals surface area contributed by atoms with Crippen molar-refractivity contribution < 1.29 is 9.53 Å². The summed E-state index contributed by atoms with van der Waals surface area (Å²) in [7, 11) is 0. The Balaban J connectivity index is 1.42. The molecule has 0 spiro atoms. The fourth-order valence-electron chi connectivity index (χ4n) is 5.54. The summed E-state index contributed by atoms with van der Waals surface area (Å²) in [4.78, 5) is 25.9. The van der Waals surface area contributed by atoms with E-state index < -0.39 is 0 Å². The van der Waals surface area contributed by atoms with E-state index in [1.807, 2.05) is 6.20 Å². The van der Waals surface area contributed by atoms with E-state index in [2.05, 4.69) is 32.0 Å². The number of amides is 1. The molecule has 0 radical (unpaired) electrons. The Bertz CT molecular complexity index is 631. The van der Waals surface area contributed by atoms with Crippen molar-refractivity contribution in [2.24, 2.45) is 11.3 Å². The first-order valence-electron chi connectivity index (χ1n) is 11.0. The third kappa shape index (κ3) is 4.11. The number of piperidine rings is 1. The second kappa shape index (κ2) is 8.93. The first-order chi connectivity index (χ1) is 13.7. The molecule has 1 saturated carbocycles. The molecule has 0 aromatic carbocycles. The summed E-state index contributed by atoms with van der Waals surface area (Å²) in [5, 5.41) is 3.26. The van der Waals surface area contributed by atoms with Crippen LogP contribution in [0.5, 0.6) is 0 Å². The molecule has 156 valence electrons. The van der Waals surface area contributed by atoms with E-state index in [9.17, 15) is 4.79 Å². The number of carbonyl (C=O) groups excluding carboxylic acids is 1. The van der Waals surface area contributed by atoms with Crippen LogP contribution >= 0.6 is 0 Å². The molecule has 28 heavy (non-hydrogen) atoms. The molecule has 0 unspecified atom stereocenters. The van der Waals surface area contributed by atoms with Crippen molar-refractivity contribution in [3.63, 3.8) is 0 Å². The van der Waals surface area contributed by atoms with Crippen LogP contribution in [0.4, 0.5) is 0 Å². The van der Waals surface area contributed by atoms with Crippen LogP contribution in [-0.2, 0) is 16.0 Å². The Morgan fingerprint density at radius 1 is 1.36 bits per heavy atom. The number of H-pyrrole nitrogens is 1. The number of imidazole rings is 1. The Morgan fingerprint density at radius 2 is 2.21 bits per heavy atom. The van der Waals surface area contributed by atoms with Gasteiger partial charge in [-0.3, -0.25) is 9.69 Å². The van der Waals surface area contributed by atoms with E-state index in [0.29, 0.717) is 18.5 Å². The number of aromatic amines is 1. The standard InChI is InChI=1S/C21H35N5O2/c1-2-25-10-5-17-15-18(26-11-13-28-14-12-26)3-6-21(17,16-25)20(27)24-7-4-19-22-8-9-23-19/h8-9,17-18H,2-7,10-16H2,1H3,(H,22,23)(H,24,27)/t17-,18+,21-/m1/s1. The van der Waals surface area contributed by atoms with Gasteiger partial charge in [0.2, 0.25) is 5.91 Å². The summed E-state index contributed by atoms with van der Waals surface area (Å²) < 4.78 is 5.54. The number of hydrogen-bond acceptors (Lipinski definition) is 5. The molecule has 4 rings (SSSR count). The van der Waals surface area contributed by atoms with Crippen molar-refractivity contribution in [3.8, 4) is 0 Å². The van der Waals surface area contributed by atoms with E-state index in [1.165, 1.54) is 0 Å². The van der Waals surface area contributed by atoms with Gasteiger partial charge in [0.1, 0.15) is 5.82 Å². The van der Waals surface area contributed by atoms with Gasteiger partial charge in [0.05, 0.1) is 18.6 Å². The van der Waals surface area contributed by atoms with Crippen molar-refractivity contribution in [3.05, 3.63) is 18.2 Å². The summed E-state index contributed by atoms with van der Waals surface area (Å²) in [5.41, 5.74) is -0.222. The molecule has 2 N–H and O–H groups in total. The molecule has 1 aromatic rings.